The van der Waals surface area contributed by atoms with Crippen LogP contribution in [-0.4, -0.2) is 47.5 Å². The van der Waals surface area contributed by atoms with Crippen molar-refractivity contribution in [3.63, 3.8) is 0 Å². The molecular weight excluding hydrogens is 366 g/mol. The molecule has 1 aromatic rings. The van der Waals surface area contributed by atoms with Crippen molar-refractivity contribution >= 4 is 40.8 Å². The highest BCUT2D eigenvalue weighted by atomic mass is 32.1. The van der Waals surface area contributed by atoms with E-state index in [1.165, 1.54) is 6.42 Å². The Bertz CT molecular complexity index is 725. The van der Waals surface area contributed by atoms with Crippen LogP contribution in [0, 0.1) is 0 Å². The van der Waals surface area contributed by atoms with E-state index in [0.29, 0.717) is 11.3 Å². The third kappa shape index (κ3) is 6.82. The Labute approximate surface area is 163 Å². The van der Waals surface area contributed by atoms with Crippen LogP contribution in [0.4, 0.5) is 5.69 Å². The van der Waals surface area contributed by atoms with Crippen molar-refractivity contribution in [2.45, 2.75) is 26.2 Å². The van der Waals surface area contributed by atoms with Crippen LogP contribution in [0.2, 0.25) is 0 Å². The van der Waals surface area contributed by atoms with Gasteiger partial charge in [-0.05, 0) is 62.7 Å². The molecule has 0 unspecified atom stereocenters. The molecule has 1 aliphatic heterocycles. The zero-order valence-electron chi connectivity index (χ0n) is 15.2. The smallest absolute Gasteiger partial charge is 0.330 e. The number of nitrogens with one attached hydrogen (secondary N) is 2. The Kier molecular flexibility index (Phi) is 7.94. The first kappa shape index (κ1) is 20.6. The molecule has 0 saturated carbocycles. The number of thiocarbonyl (C=S) groups is 1. The quantitative estimate of drug-likeness (QED) is 0.456. The Hall–Kier alpha value is -2.74. The Morgan fingerprint density at radius 3 is 2.41 bits per heavy atom. The predicted molar refractivity (Wildman–Crippen MR) is 106 cm³/mol. The Balaban J connectivity index is 1.84. The van der Waals surface area contributed by atoms with Crippen molar-refractivity contribution in [3.05, 3.63) is 42.0 Å². The first-order valence-electron chi connectivity index (χ1n) is 8.85. The first-order valence-corrected chi connectivity index (χ1v) is 9.26. The lowest BCUT2D eigenvalue weighted by molar-refractivity contribution is -0.137. The summed E-state index contributed by atoms with van der Waals surface area (Å²) < 4.78 is 4.68. The maximum absolute atomic E-state index is 12.4. The van der Waals surface area contributed by atoms with Crippen molar-refractivity contribution in [2.24, 2.45) is 0 Å². The lowest BCUT2D eigenvalue weighted by Crippen LogP contribution is -2.35. The second kappa shape index (κ2) is 10.4. The summed E-state index contributed by atoms with van der Waals surface area (Å²) in [5.41, 5.74) is 1.26. The number of esters is 1. The fraction of sp³-hybridized carbons (Fsp3) is 0.368. The number of hydrogen-bond acceptors (Lipinski definition) is 5. The third-order valence-electron chi connectivity index (χ3n) is 3.93. The standard InChI is InChI=1S/C19H23N3O4S/c1-2-26-17(24)11-10-16(23)21-19(27)20-15-8-6-14(7-9-15)18(25)22-12-4-3-5-13-22/h6-11H,2-5,12-13H2,1H3,(H2,20,21,23,27)/b11-10+. The molecule has 2 amide bonds. The molecule has 0 radical (unpaired) electrons. The van der Waals surface area contributed by atoms with E-state index in [2.05, 4.69) is 15.4 Å². The van der Waals surface area contributed by atoms with Crippen LogP contribution < -0.4 is 10.6 Å². The summed E-state index contributed by atoms with van der Waals surface area (Å²) in [6.45, 7) is 3.51. The van der Waals surface area contributed by atoms with Crippen LogP contribution in [0.3, 0.4) is 0 Å². The van der Waals surface area contributed by atoms with E-state index in [1.54, 1.807) is 31.2 Å². The van der Waals surface area contributed by atoms with Crippen molar-refractivity contribution in [1.29, 1.82) is 0 Å². The molecule has 1 fully saturated rings. The van der Waals surface area contributed by atoms with Gasteiger partial charge in [0.2, 0.25) is 5.91 Å². The van der Waals surface area contributed by atoms with Crippen molar-refractivity contribution in [1.82, 2.24) is 10.2 Å². The minimum absolute atomic E-state index is 0.0289. The van der Waals surface area contributed by atoms with Gasteiger partial charge in [-0.3, -0.25) is 14.9 Å². The molecule has 0 aromatic heterocycles. The topological polar surface area (TPSA) is 87.7 Å². The number of carbonyl (C=O) groups excluding carboxylic acids is 3. The van der Waals surface area contributed by atoms with E-state index in [0.717, 1.165) is 38.1 Å². The SMILES string of the molecule is CCOC(=O)/C=C/C(=O)NC(=S)Nc1ccc(C(=O)N2CCCCC2)cc1. The average molecular weight is 389 g/mol. The number of anilines is 1. The highest BCUT2D eigenvalue weighted by Gasteiger charge is 2.17. The predicted octanol–water partition coefficient (Wildman–Crippen LogP) is 2.25. The number of likely N-dealkylation sites (tertiary alicyclic amines) is 1. The molecule has 1 aliphatic rings. The number of nitrogens with zero attached hydrogens (tertiary/aromatic N) is 1. The summed E-state index contributed by atoms with van der Waals surface area (Å²) in [5, 5.41) is 5.37. The summed E-state index contributed by atoms with van der Waals surface area (Å²) in [5.74, 6) is -1.11. The van der Waals surface area contributed by atoms with Gasteiger partial charge in [0.15, 0.2) is 5.11 Å². The number of rotatable bonds is 5. The Morgan fingerprint density at radius 1 is 1.11 bits per heavy atom. The lowest BCUT2D eigenvalue weighted by Gasteiger charge is -2.26. The van der Waals surface area contributed by atoms with E-state index in [1.807, 2.05) is 4.90 Å². The van der Waals surface area contributed by atoms with Crippen LogP contribution in [0.25, 0.3) is 0 Å². The normalized spacial score (nSPS) is 13.9. The molecule has 1 aromatic carbocycles. The summed E-state index contributed by atoms with van der Waals surface area (Å²) in [6.07, 6.45) is 5.34. The molecule has 0 atom stereocenters. The fourth-order valence-corrected chi connectivity index (χ4v) is 2.84. The van der Waals surface area contributed by atoms with Gasteiger partial charge in [0, 0.05) is 36.5 Å². The fourth-order valence-electron chi connectivity index (χ4n) is 2.63. The highest BCUT2D eigenvalue weighted by molar-refractivity contribution is 7.80. The second-order valence-electron chi connectivity index (χ2n) is 5.96. The second-order valence-corrected chi connectivity index (χ2v) is 6.37. The van der Waals surface area contributed by atoms with Crippen molar-refractivity contribution in [2.75, 3.05) is 25.0 Å². The van der Waals surface area contributed by atoms with E-state index in [4.69, 9.17) is 12.2 Å². The summed E-state index contributed by atoms with van der Waals surface area (Å²) in [6, 6.07) is 6.91. The monoisotopic (exact) mass is 389 g/mol. The minimum Gasteiger partial charge on any atom is -0.463 e. The van der Waals surface area contributed by atoms with Gasteiger partial charge >= 0.3 is 5.97 Å². The number of ether oxygens (including phenoxy) is 1. The van der Waals surface area contributed by atoms with Crippen LogP contribution in [0.1, 0.15) is 36.5 Å². The zero-order chi connectivity index (χ0) is 19.6. The average Bonchev–Trinajstić information content (AvgIpc) is 2.67. The lowest BCUT2D eigenvalue weighted by atomic mass is 10.1. The van der Waals surface area contributed by atoms with E-state index in [9.17, 15) is 14.4 Å². The number of carbonyl (C=O) groups is 3. The summed E-state index contributed by atoms with van der Waals surface area (Å²) >= 11 is 5.06. The van der Waals surface area contributed by atoms with Gasteiger partial charge < -0.3 is 15.0 Å². The summed E-state index contributed by atoms with van der Waals surface area (Å²) in [4.78, 5) is 37.1. The van der Waals surface area contributed by atoms with Crippen molar-refractivity contribution < 1.29 is 19.1 Å². The first-order chi connectivity index (χ1) is 13.0. The van der Waals surface area contributed by atoms with Crippen LogP contribution in [0.5, 0.6) is 0 Å². The van der Waals surface area contributed by atoms with Gasteiger partial charge in [-0.1, -0.05) is 0 Å². The highest BCUT2D eigenvalue weighted by Crippen LogP contribution is 2.15. The van der Waals surface area contributed by atoms with Gasteiger partial charge in [-0.15, -0.1) is 0 Å². The third-order valence-corrected chi connectivity index (χ3v) is 4.13. The number of piperidine rings is 1. The largest absolute Gasteiger partial charge is 0.463 e. The van der Waals surface area contributed by atoms with E-state index in [-0.39, 0.29) is 17.6 Å². The van der Waals surface area contributed by atoms with Gasteiger partial charge in [-0.25, -0.2) is 4.79 Å². The van der Waals surface area contributed by atoms with Gasteiger partial charge in [-0.2, -0.15) is 0 Å². The maximum Gasteiger partial charge on any atom is 0.330 e. The molecule has 7 nitrogen and oxygen atoms in total. The van der Waals surface area contributed by atoms with Gasteiger partial charge in [0.25, 0.3) is 5.91 Å². The van der Waals surface area contributed by atoms with Crippen molar-refractivity contribution in [3.8, 4) is 0 Å². The molecule has 27 heavy (non-hydrogen) atoms. The van der Waals surface area contributed by atoms with E-state index < -0.39 is 11.9 Å². The maximum atomic E-state index is 12.4. The van der Waals surface area contributed by atoms with Gasteiger partial charge in [0.05, 0.1) is 6.61 Å². The van der Waals surface area contributed by atoms with Gasteiger partial charge in [0.1, 0.15) is 0 Å². The van der Waals surface area contributed by atoms with E-state index >= 15 is 0 Å². The number of hydrogen-bond donors (Lipinski definition) is 2. The number of amides is 2. The molecular formula is C19H23N3O4S. The zero-order valence-corrected chi connectivity index (χ0v) is 16.0. The van der Waals surface area contributed by atoms with Crippen LogP contribution >= 0.6 is 12.2 Å². The van der Waals surface area contributed by atoms with Crippen LogP contribution in [-0.2, 0) is 14.3 Å². The summed E-state index contributed by atoms with van der Waals surface area (Å²) in [7, 11) is 0. The molecule has 0 aliphatic carbocycles. The molecule has 0 spiro atoms. The molecule has 1 heterocycles. The minimum atomic E-state index is -0.597. The molecule has 8 heteroatoms. The molecule has 0 bridgehead atoms. The number of benzene rings is 1. The molecule has 144 valence electrons. The molecule has 2 N–H and O–H groups in total. The van der Waals surface area contributed by atoms with Crippen LogP contribution in [0.15, 0.2) is 36.4 Å². The molecule has 1 saturated heterocycles. The Morgan fingerprint density at radius 2 is 1.78 bits per heavy atom. The molecule has 2 rings (SSSR count).